The maximum atomic E-state index is 12.5. The van der Waals surface area contributed by atoms with Crippen LogP contribution < -0.4 is 20.1 Å². The molecule has 0 aliphatic heterocycles. The van der Waals surface area contributed by atoms with E-state index in [4.69, 9.17) is 9.47 Å². The average Bonchev–Trinajstić information content (AvgIpc) is 3.10. The number of hydrogen-bond donors (Lipinski definition) is 2. The summed E-state index contributed by atoms with van der Waals surface area (Å²) in [5.41, 5.74) is 2.33. The lowest BCUT2D eigenvalue weighted by atomic mass is 10.1. The third-order valence-electron chi connectivity index (χ3n) is 4.38. The smallest absolute Gasteiger partial charge is 0.319 e. The van der Waals surface area contributed by atoms with E-state index >= 15 is 0 Å². The molecule has 1 atom stereocenters. The van der Waals surface area contributed by atoms with Gasteiger partial charge in [-0.05, 0) is 38.1 Å². The minimum atomic E-state index is -0.357. The van der Waals surface area contributed by atoms with Crippen molar-refractivity contribution >= 4 is 11.7 Å². The van der Waals surface area contributed by atoms with Crippen LogP contribution in [0.5, 0.6) is 11.5 Å². The van der Waals surface area contributed by atoms with Crippen LogP contribution in [-0.4, -0.2) is 35.0 Å². The van der Waals surface area contributed by atoms with E-state index in [2.05, 4.69) is 20.7 Å². The highest BCUT2D eigenvalue weighted by Gasteiger charge is 2.17. The molecule has 8 heteroatoms. The Bertz CT molecular complexity index is 956. The summed E-state index contributed by atoms with van der Waals surface area (Å²) in [7, 11) is 3.11. The van der Waals surface area contributed by atoms with E-state index < -0.39 is 0 Å². The molecule has 0 unspecified atom stereocenters. The summed E-state index contributed by atoms with van der Waals surface area (Å²) in [6.45, 7) is 3.84. The Morgan fingerprint density at radius 2 is 2.00 bits per heavy atom. The summed E-state index contributed by atoms with van der Waals surface area (Å²) in [6.07, 6.45) is 3.45. The fraction of sp³-hybridized carbons (Fsp3) is 0.250. The third kappa shape index (κ3) is 4.06. The molecule has 28 heavy (non-hydrogen) atoms. The Morgan fingerprint density at radius 1 is 1.18 bits per heavy atom. The highest BCUT2D eigenvalue weighted by atomic mass is 16.5. The predicted octanol–water partition coefficient (Wildman–Crippen LogP) is 3.48. The standard InChI is InChI=1S/C20H23N5O3/c1-13(16-12-22-25(14(16)2)19-7-5-6-10-21-19)23-20(26)24-17-11-15(27-3)8-9-18(17)28-4/h5-13H,1-4H3,(H2,23,24,26)/t13-/m0/s1. The molecule has 2 N–H and O–H groups in total. The van der Waals surface area contributed by atoms with Gasteiger partial charge in [-0.25, -0.2) is 14.5 Å². The van der Waals surface area contributed by atoms with Gasteiger partial charge in [0.15, 0.2) is 5.82 Å². The first-order valence-electron chi connectivity index (χ1n) is 8.79. The number of urea groups is 1. The van der Waals surface area contributed by atoms with E-state index in [0.29, 0.717) is 17.2 Å². The Balaban J connectivity index is 1.73. The summed E-state index contributed by atoms with van der Waals surface area (Å²) < 4.78 is 12.2. The minimum absolute atomic E-state index is 0.255. The van der Waals surface area contributed by atoms with Crippen LogP contribution >= 0.6 is 0 Å². The molecule has 0 spiro atoms. The summed E-state index contributed by atoms with van der Waals surface area (Å²) in [4.78, 5) is 16.8. The molecule has 0 radical (unpaired) electrons. The molecular formula is C20H23N5O3. The van der Waals surface area contributed by atoms with Gasteiger partial charge in [0.05, 0.1) is 32.1 Å². The molecule has 0 saturated heterocycles. The number of nitrogens with one attached hydrogen (secondary N) is 2. The van der Waals surface area contributed by atoms with E-state index in [1.807, 2.05) is 32.0 Å². The van der Waals surface area contributed by atoms with Crippen LogP contribution in [0.15, 0.2) is 48.8 Å². The van der Waals surface area contributed by atoms with E-state index in [9.17, 15) is 4.79 Å². The van der Waals surface area contributed by atoms with Crippen LogP contribution in [0.3, 0.4) is 0 Å². The Hall–Kier alpha value is -3.55. The SMILES string of the molecule is COc1ccc(OC)c(NC(=O)N[C@@H](C)c2cnn(-c3ccccn3)c2C)c1. The fourth-order valence-corrected chi connectivity index (χ4v) is 2.90. The van der Waals surface area contributed by atoms with Crippen molar-refractivity contribution in [2.24, 2.45) is 0 Å². The number of hydrogen-bond acceptors (Lipinski definition) is 5. The van der Waals surface area contributed by atoms with Crippen LogP contribution in [0, 0.1) is 6.92 Å². The Kier molecular flexibility index (Phi) is 5.78. The van der Waals surface area contributed by atoms with Crippen molar-refractivity contribution in [1.82, 2.24) is 20.1 Å². The van der Waals surface area contributed by atoms with Crippen LogP contribution in [-0.2, 0) is 0 Å². The van der Waals surface area contributed by atoms with Crippen LogP contribution in [0.4, 0.5) is 10.5 Å². The number of methoxy groups -OCH3 is 2. The zero-order chi connectivity index (χ0) is 20.1. The van der Waals surface area contributed by atoms with Gasteiger partial charge in [0.2, 0.25) is 0 Å². The van der Waals surface area contributed by atoms with Crippen LogP contribution in [0.1, 0.15) is 24.2 Å². The number of nitrogens with zero attached hydrogens (tertiary/aromatic N) is 3. The lowest BCUT2D eigenvalue weighted by molar-refractivity contribution is 0.249. The number of carbonyl (C=O) groups excluding carboxylic acids is 1. The van der Waals surface area contributed by atoms with Gasteiger partial charge in [-0.15, -0.1) is 0 Å². The van der Waals surface area contributed by atoms with Crippen molar-refractivity contribution in [2.75, 3.05) is 19.5 Å². The van der Waals surface area contributed by atoms with Gasteiger partial charge < -0.3 is 20.1 Å². The van der Waals surface area contributed by atoms with Crippen LogP contribution in [0.25, 0.3) is 5.82 Å². The zero-order valence-electron chi connectivity index (χ0n) is 16.3. The second-order valence-electron chi connectivity index (χ2n) is 6.17. The molecule has 2 heterocycles. The van der Waals surface area contributed by atoms with Gasteiger partial charge in [0.25, 0.3) is 0 Å². The lowest BCUT2D eigenvalue weighted by Crippen LogP contribution is -2.31. The quantitative estimate of drug-likeness (QED) is 0.682. The zero-order valence-corrected chi connectivity index (χ0v) is 16.3. The number of benzene rings is 1. The lowest BCUT2D eigenvalue weighted by Gasteiger charge is -2.16. The number of pyridine rings is 1. The first kappa shape index (κ1) is 19.2. The Labute approximate surface area is 163 Å². The molecule has 0 saturated carbocycles. The van der Waals surface area contributed by atoms with Crippen molar-refractivity contribution < 1.29 is 14.3 Å². The molecule has 1 aromatic carbocycles. The molecule has 2 aromatic heterocycles. The predicted molar refractivity (Wildman–Crippen MR) is 106 cm³/mol. The number of anilines is 1. The summed E-state index contributed by atoms with van der Waals surface area (Å²) in [6, 6.07) is 10.2. The van der Waals surface area contributed by atoms with Gasteiger partial charge >= 0.3 is 6.03 Å². The van der Waals surface area contributed by atoms with Gasteiger partial charge in [-0.1, -0.05) is 6.07 Å². The number of ether oxygens (including phenoxy) is 2. The van der Waals surface area contributed by atoms with Crippen molar-refractivity contribution in [1.29, 1.82) is 0 Å². The van der Waals surface area contributed by atoms with Crippen molar-refractivity contribution in [3.8, 4) is 17.3 Å². The van der Waals surface area contributed by atoms with E-state index in [1.165, 1.54) is 0 Å². The topological polar surface area (TPSA) is 90.3 Å². The van der Waals surface area contributed by atoms with Gasteiger partial charge in [-0.2, -0.15) is 5.10 Å². The van der Waals surface area contributed by atoms with Gasteiger partial charge in [0.1, 0.15) is 11.5 Å². The molecule has 3 rings (SSSR count). The number of carbonyl (C=O) groups is 1. The molecule has 146 valence electrons. The second-order valence-corrected chi connectivity index (χ2v) is 6.17. The van der Waals surface area contributed by atoms with E-state index in [0.717, 1.165) is 17.1 Å². The molecular weight excluding hydrogens is 358 g/mol. The molecule has 3 aromatic rings. The van der Waals surface area contributed by atoms with Gasteiger partial charge in [0, 0.05) is 23.5 Å². The number of rotatable bonds is 6. The normalized spacial score (nSPS) is 11.6. The summed E-state index contributed by atoms with van der Waals surface area (Å²) in [5.74, 6) is 1.89. The molecule has 0 aliphatic carbocycles. The van der Waals surface area contributed by atoms with E-state index in [-0.39, 0.29) is 12.1 Å². The molecule has 0 fully saturated rings. The fourth-order valence-electron chi connectivity index (χ4n) is 2.90. The first-order chi connectivity index (χ1) is 13.5. The molecule has 0 aliphatic rings. The monoisotopic (exact) mass is 381 g/mol. The molecule has 2 amide bonds. The molecule has 8 nitrogen and oxygen atoms in total. The summed E-state index contributed by atoms with van der Waals surface area (Å²) >= 11 is 0. The van der Waals surface area contributed by atoms with E-state index in [1.54, 1.807) is 49.5 Å². The number of amides is 2. The minimum Gasteiger partial charge on any atom is -0.497 e. The third-order valence-corrected chi connectivity index (χ3v) is 4.38. The van der Waals surface area contributed by atoms with Crippen molar-refractivity contribution in [2.45, 2.75) is 19.9 Å². The highest BCUT2D eigenvalue weighted by Crippen LogP contribution is 2.29. The molecule has 0 bridgehead atoms. The number of aromatic nitrogens is 3. The average molecular weight is 381 g/mol. The first-order valence-corrected chi connectivity index (χ1v) is 8.79. The highest BCUT2D eigenvalue weighted by molar-refractivity contribution is 5.91. The largest absolute Gasteiger partial charge is 0.497 e. The maximum Gasteiger partial charge on any atom is 0.319 e. The van der Waals surface area contributed by atoms with Crippen molar-refractivity contribution in [3.05, 3.63) is 60.0 Å². The summed E-state index contributed by atoms with van der Waals surface area (Å²) in [5, 5.41) is 10.1. The second kappa shape index (κ2) is 8.43. The maximum absolute atomic E-state index is 12.5. The Morgan fingerprint density at radius 3 is 2.68 bits per heavy atom. The van der Waals surface area contributed by atoms with Crippen molar-refractivity contribution in [3.63, 3.8) is 0 Å². The van der Waals surface area contributed by atoms with Crippen LogP contribution in [0.2, 0.25) is 0 Å². The van der Waals surface area contributed by atoms with Gasteiger partial charge in [-0.3, -0.25) is 0 Å².